The van der Waals surface area contributed by atoms with E-state index in [1.165, 1.54) is 13.8 Å². The molecule has 0 spiro atoms. The molecule has 3 aliphatic carbocycles. The molecule has 4 aliphatic rings. The van der Waals surface area contributed by atoms with Crippen LogP contribution < -0.4 is 5.32 Å². The average Bonchev–Trinajstić information content (AvgIpc) is 3.21. The van der Waals surface area contributed by atoms with E-state index in [1.54, 1.807) is 119 Å². The van der Waals surface area contributed by atoms with Crippen molar-refractivity contribution in [1.82, 2.24) is 5.32 Å². The van der Waals surface area contributed by atoms with Crippen LogP contribution in [0.25, 0.3) is 0 Å². The molecule has 2 saturated carbocycles. The van der Waals surface area contributed by atoms with E-state index in [4.69, 9.17) is 18.9 Å². The average molecular weight is 810 g/mol. The number of ether oxygens (including phenoxy) is 4. The molecule has 2 bridgehead atoms. The van der Waals surface area contributed by atoms with Crippen LogP contribution >= 0.6 is 0 Å². The van der Waals surface area contributed by atoms with Gasteiger partial charge >= 0.3 is 17.9 Å². The highest BCUT2D eigenvalue weighted by Crippen LogP contribution is 2.67. The number of carbonyl (C=O) groups excluding carboxylic acids is 5. The maximum Gasteiger partial charge on any atom is 0.338 e. The van der Waals surface area contributed by atoms with E-state index < -0.39 is 100 Å². The Hall–Kier alpha value is -5.21. The minimum Gasteiger partial charge on any atom is -0.458 e. The summed E-state index contributed by atoms with van der Waals surface area (Å²) in [4.78, 5) is 69.9. The lowest BCUT2D eigenvalue weighted by atomic mass is 9.42. The van der Waals surface area contributed by atoms with Crippen LogP contribution in [0.4, 0.5) is 0 Å². The summed E-state index contributed by atoms with van der Waals surface area (Å²) in [6.45, 7) is 9.59. The number of benzene rings is 3. The molecule has 312 valence electrons. The number of aliphatic hydroxyl groups excluding tert-OH is 3. The molecule has 4 N–H and O–H groups in total. The first-order chi connectivity index (χ1) is 27.9. The van der Waals surface area contributed by atoms with Crippen LogP contribution in [0.2, 0.25) is 0 Å². The van der Waals surface area contributed by atoms with Crippen molar-refractivity contribution >= 4 is 29.6 Å². The van der Waals surface area contributed by atoms with Crippen LogP contribution in [0, 0.1) is 22.2 Å². The molecule has 13 nitrogen and oxygen atoms in total. The van der Waals surface area contributed by atoms with Crippen molar-refractivity contribution in [2.75, 3.05) is 6.61 Å². The molecule has 1 saturated heterocycles. The van der Waals surface area contributed by atoms with Gasteiger partial charge in [-0.1, -0.05) is 87.5 Å². The standard InChI is InChI=1S/C46H51NO12/c1-25-30(57-42(55)36(51)34(27-16-10-7-11-17-27)47-40(53)28-18-12-8-13-19-28)23-44(5)39(58-41(54)29-20-14-9-15-21-29)37-45(6,38(52)35(50)33(25)43(44,3)4)31(49)22-32-46(37,24-56-32)59-26(2)48/h7-21,30-32,34-37,39,49-51H,22-24H2,1-6H3,(H,47,53)/t30-,31-,32+,34-,35+,36+,37?,39-,44-,45+,46-/m0/s1. The molecule has 1 aliphatic heterocycles. The lowest BCUT2D eigenvalue weighted by Crippen LogP contribution is -2.80. The topological polar surface area (TPSA) is 195 Å². The number of amides is 1. The van der Waals surface area contributed by atoms with Gasteiger partial charge in [0.1, 0.15) is 24.4 Å². The highest BCUT2D eigenvalue weighted by molar-refractivity contribution is 5.95. The summed E-state index contributed by atoms with van der Waals surface area (Å²) in [6, 6.07) is 23.8. The molecule has 3 aromatic rings. The Bertz CT molecular complexity index is 2160. The molecule has 7 rings (SSSR count). The Kier molecular flexibility index (Phi) is 11.0. The number of rotatable bonds is 9. The van der Waals surface area contributed by atoms with E-state index in [-0.39, 0.29) is 30.6 Å². The molecule has 13 heteroatoms. The molecule has 0 radical (unpaired) electrons. The lowest BCUT2D eigenvalue weighted by molar-refractivity contribution is -0.340. The van der Waals surface area contributed by atoms with Gasteiger partial charge in [0.05, 0.1) is 35.6 Å². The van der Waals surface area contributed by atoms with Gasteiger partial charge in [0.15, 0.2) is 17.5 Å². The molecule has 3 aromatic carbocycles. The monoisotopic (exact) mass is 809 g/mol. The highest BCUT2D eigenvalue weighted by Gasteiger charge is 2.77. The molecular formula is C46H51NO12. The summed E-state index contributed by atoms with van der Waals surface area (Å²) in [6.07, 6.45) is -8.79. The van der Waals surface area contributed by atoms with Crippen LogP contribution in [-0.2, 0) is 33.3 Å². The van der Waals surface area contributed by atoms with E-state index in [0.29, 0.717) is 16.7 Å². The predicted octanol–water partition coefficient (Wildman–Crippen LogP) is 4.44. The van der Waals surface area contributed by atoms with Crippen molar-refractivity contribution in [1.29, 1.82) is 0 Å². The predicted molar refractivity (Wildman–Crippen MR) is 211 cm³/mol. The summed E-state index contributed by atoms with van der Waals surface area (Å²) >= 11 is 0. The van der Waals surface area contributed by atoms with Crippen LogP contribution in [0.5, 0.6) is 0 Å². The molecule has 1 amide bonds. The summed E-state index contributed by atoms with van der Waals surface area (Å²) < 4.78 is 24.8. The van der Waals surface area contributed by atoms with Crippen molar-refractivity contribution in [3.05, 3.63) is 119 Å². The zero-order valence-corrected chi connectivity index (χ0v) is 33.9. The molecule has 11 atom stereocenters. The van der Waals surface area contributed by atoms with Gasteiger partial charge in [-0.05, 0) is 66.7 Å². The van der Waals surface area contributed by atoms with E-state index in [9.17, 15) is 34.5 Å². The Morgan fingerprint density at radius 2 is 1.42 bits per heavy atom. The van der Waals surface area contributed by atoms with E-state index in [2.05, 4.69) is 5.32 Å². The molecular weight excluding hydrogens is 759 g/mol. The van der Waals surface area contributed by atoms with Gasteiger partial charge in [-0.3, -0.25) is 14.4 Å². The minimum absolute atomic E-state index is 0.0713. The number of nitrogens with one attached hydrogen (secondary N) is 1. The SMILES string of the molecule is CC(=O)O[C@@]12CO[C@@H]1C[C@H](O)[C@@]1(C)C(=O)[C@H](O)C3=C(C)[C@@H](OC(=O)[C@H](O)[C@@H](NC(=O)c4ccccc4)c4ccccc4)C[C@@](C)([C@@H](OC(=O)c4ccccc4)C12)C3(C)C. The maximum atomic E-state index is 15.1. The normalized spacial score (nSPS) is 33.0. The smallest absolute Gasteiger partial charge is 0.338 e. The highest BCUT2D eigenvalue weighted by atomic mass is 16.6. The molecule has 59 heavy (non-hydrogen) atoms. The first-order valence-corrected chi connectivity index (χ1v) is 19.9. The van der Waals surface area contributed by atoms with Crippen molar-refractivity contribution in [3.8, 4) is 0 Å². The van der Waals surface area contributed by atoms with Gasteiger partial charge in [0, 0.05) is 24.3 Å². The fourth-order valence-corrected chi connectivity index (χ4v) is 10.2. The summed E-state index contributed by atoms with van der Waals surface area (Å²) in [5.74, 6) is -5.14. The van der Waals surface area contributed by atoms with Gasteiger partial charge in [0.25, 0.3) is 5.91 Å². The third-order valence-electron chi connectivity index (χ3n) is 13.8. The zero-order valence-electron chi connectivity index (χ0n) is 33.9. The third-order valence-corrected chi connectivity index (χ3v) is 13.8. The van der Waals surface area contributed by atoms with Crippen LogP contribution in [0.3, 0.4) is 0 Å². The van der Waals surface area contributed by atoms with Gasteiger partial charge in [-0.25, -0.2) is 9.59 Å². The van der Waals surface area contributed by atoms with E-state index in [1.807, 2.05) is 0 Å². The van der Waals surface area contributed by atoms with E-state index >= 15 is 4.79 Å². The maximum absolute atomic E-state index is 15.1. The van der Waals surface area contributed by atoms with Crippen LogP contribution in [0.15, 0.2) is 102 Å². The van der Waals surface area contributed by atoms with Crippen molar-refractivity contribution in [3.63, 3.8) is 0 Å². The molecule has 1 heterocycles. The Labute approximate surface area is 342 Å². The van der Waals surface area contributed by atoms with Gasteiger partial charge in [-0.15, -0.1) is 0 Å². The Morgan fingerprint density at radius 3 is 1.98 bits per heavy atom. The van der Waals surface area contributed by atoms with Crippen molar-refractivity contribution in [2.24, 2.45) is 22.2 Å². The first kappa shape index (κ1) is 41.9. The lowest BCUT2D eigenvalue weighted by Gasteiger charge is -2.68. The third kappa shape index (κ3) is 6.77. The van der Waals surface area contributed by atoms with Gasteiger partial charge in [0.2, 0.25) is 0 Å². The summed E-state index contributed by atoms with van der Waals surface area (Å²) in [5, 5.41) is 38.8. The largest absolute Gasteiger partial charge is 0.458 e. The quantitative estimate of drug-likeness (QED) is 0.135. The molecule has 3 fully saturated rings. The number of esters is 3. The zero-order chi connectivity index (χ0) is 42.7. The Balaban J connectivity index is 1.34. The Morgan fingerprint density at radius 1 is 0.847 bits per heavy atom. The van der Waals surface area contributed by atoms with Crippen LogP contribution in [0.1, 0.15) is 86.7 Å². The number of hydrogen-bond donors (Lipinski definition) is 4. The fraction of sp³-hybridized carbons (Fsp3) is 0.457. The number of Topliss-reactive ketones (excluding diaryl/α,β-unsaturated/α-hetero) is 1. The van der Waals surface area contributed by atoms with E-state index in [0.717, 1.165) is 0 Å². The fourth-order valence-electron chi connectivity index (χ4n) is 10.2. The number of aliphatic hydroxyl groups is 3. The number of ketones is 1. The van der Waals surface area contributed by atoms with Crippen LogP contribution in [-0.4, -0.2) is 93.7 Å². The number of hydrogen-bond acceptors (Lipinski definition) is 12. The second-order valence-electron chi connectivity index (χ2n) is 17.3. The molecule has 1 unspecified atom stereocenters. The van der Waals surface area contributed by atoms with Gasteiger partial charge in [-0.2, -0.15) is 0 Å². The second-order valence-corrected chi connectivity index (χ2v) is 17.3. The minimum atomic E-state index is -1.93. The number of carbonyl (C=O) groups is 5. The molecule has 0 aromatic heterocycles. The second kappa shape index (κ2) is 15.4. The summed E-state index contributed by atoms with van der Waals surface area (Å²) in [5.41, 5.74) is -4.49. The van der Waals surface area contributed by atoms with Crippen molar-refractivity contribution < 1.29 is 58.2 Å². The van der Waals surface area contributed by atoms with Gasteiger partial charge < -0.3 is 39.6 Å². The number of fused-ring (bicyclic) bond motifs is 5. The van der Waals surface area contributed by atoms with Crippen molar-refractivity contribution in [2.45, 2.75) is 103 Å². The first-order valence-electron chi connectivity index (χ1n) is 19.9. The summed E-state index contributed by atoms with van der Waals surface area (Å²) in [7, 11) is 0.